The molecule has 0 atom stereocenters. The first-order chi connectivity index (χ1) is 9.03. The van der Waals surface area contributed by atoms with Gasteiger partial charge >= 0.3 is 0 Å². The number of nitrogens with zero attached hydrogens (tertiary/aromatic N) is 1. The van der Waals surface area contributed by atoms with Crippen LogP contribution in [0.4, 0.5) is 4.39 Å². The number of carbonyl (C=O) groups excluding carboxylic acids is 1. The molecule has 104 valence electrons. The smallest absolute Gasteiger partial charge is 0.242 e. The predicted molar refractivity (Wildman–Crippen MR) is 72.9 cm³/mol. The molecule has 19 heavy (non-hydrogen) atoms. The molecule has 2 N–H and O–H groups in total. The fourth-order valence-electron chi connectivity index (χ4n) is 2.73. The lowest BCUT2D eigenvalue weighted by Gasteiger charge is -2.35. The minimum absolute atomic E-state index is 0.0737. The van der Waals surface area contributed by atoms with E-state index in [-0.39, 0.29) is 18.3 Å². The molecule has 0 aromatic heterocycles. The Balaban J connectivity index is 2.05. The Morgan fingerprint density at radius 1 is 1.32 bits per heavy atom. The van der Waals surface area contributed by atoms with Crippen molar-refractivity contribution in [2.45, 2.75) is 44.2 Å². The van der Waals surface area contributed by atoms with Crippen molar-refractivity contribution >= 4 is 5.91 Å². The Labute approximate surface area is 113 Å². The van der Waals surface area contributed by atoms with E-state index in [0.717, 1.165) is 32.1 Å². The highest BCUT2D eigenvalue weighted by Gasteiger charge is 2.37. The molecule has 0 saturated heterocycles. The van der Waals surface area contributed by atoms with Crippen molar-refractivity contribution in [2.24, 2.45) is 5.73 Å². The van der Waals surface area contributed by atoms with E-state index in [1.807, 2.05) is 0 Å². The molecule has 1 aromatic carbocycles. The lowest BCUT2D eigenvalue weighted by atomic mass is 9.81. The van der Waals surface area contributed by atoms with Crippen LogP contribution in [-0.4, -0.2) is 23.4 Å². The highest BCUT2D eigenvalue weighted by molar-refractivity contribution is 5.86. The van der Waals surface area contributed by atoms with Crippen molar-refractivity contribution in [3.05, 3.63) is 35.6 Å². The summed E-state index contributed by atoms with van der Waals surface area (Å²) in [7, 11) is 1.69. The summed E-state index contributed by atoms with van der Waals surface area (Å²) in [6.45, 7) is 0.268. The molecule has 1 amide bonds. The molecule has 1 fully saturated rings. The molecular weight excluding hydrogens is 243 g/mol. The quantitative estimate of drug-likeness (QED) is 0.911. The molecule has 0 spiro atoms. The third kappa shape index (κ3) is 3.13. The molecule has 3 nitrogen and oxygen atoms in total. The number of hydrogen-bond acceptors (Lipinski definition) is 2. The van der Waals surface area contributed by atoms with Gasteiger partial charge in [0.1, 0.15) is 5.82 Å². The van der Waals surface area contributed by atoms with Crippen LogP contribution in [0.15, 0.2) is 24.3 Å². The first-order valence-corrected chi connectivity index (χ1v) is 6.81. The van der Waals surface area contributed by atoms with Gasteiger partial charge in [-0.05, 0) is 18.9 Å². The van der Waals surface area contributed by atoms with Gasteiger partial charge in [-0.25, -0.2) is 4.39 Å². The van der Waals surface area contributed by atoms with Crippen LogP contribution < -0.4 is 5.73 Å². The van der Waals surface area contributed by atoms with Crippen LogP contribution in [0.25, 0.3) is 0 Å². The second-order valence-corrected chi connectivity index (χ2v) is 5.47. The standard InChI is InChI=1S/C15H21FN2O/c1-18(11-12-7-3-4-8-13(12)16)14(19)15(17)9-5-2-6-10-15/h3-4,7-8H,2,5-6,9-11,17H2,1H3. The van der Waals surface area contributed by atoms with Gasteiger partial charge in [0.25, 0.3) is 0 Å². The Hall–Kier alpha value is -1.42. The highest BCUT2D eigenvalue weighted by atomic mass is 19.1. The molecule has 1 aromatic rings. The van der Waals surface area contributed by atoms with Crippen LogP contribution in [-0.2, 0) is 11.3 Å². The van der Waals surface area contributed by atoms with Gasteiger partial charge < -0.3 is 10.6 Å². The van der Waals surface area contributed by atoms with Crippen molar-refractivity contribution in [3.63, 3.8) is 0 Å². The minimum atomic E-state index is -0.752. The maximum Gasteiger partial charge on any atom is 0.242 e. The van der Waals surface area contributed by atoms with E-state index in [9.17, 15) is 9.18 Å². The number of halogens is 1. The monoisotopic (exact) mass is 264 g/mol. The summed E-state index contributed by atoms with van der Waals surface area (Å²) in [6, 6.07) is 6.53. The molecule has 2 rings (SSSR count). The van der Waals surface area contributed by atoms with E-state index in [0.29, 0.717) is 5.56 Å². The lowest BCUT2D eigenvalue weighted by molar-refractivity contribution is -0.137. The van der Waals surface area contributed by atoms with Gasteiger partial charge in [-0.15, -0.1) is 0 Å². The molecule has 1 aliphatic carbocycles. The average molecular weight is 264 g/mol. The molecule has 0 aliphatic heterocycles. The highest BCUT2D eigenvalue weighted by Crippen LogP contribution is 2.27. The number of benzene rings is 1. The zero-order valence-electron chi connectivity index (χ0n) is 11.4. The molecule has 0 heterocycles. The zero-order valence-corrected chi connectivity index (χ0v) is 11.4. The third-order valence-electron chi connectivity index (χ3n) is 3.88. The number of nitrogens with two attached hydrogens (primary N) is 1. The van der Waals surface area contributed by atoms with Gasteiger partial charge in [0.2, 0.25) is 5.91 Å². The lowest BCUT2D eigenvalue weighted by Crippen LogP contribution is -2.55. The maximum atomic E-state index is 13.6. The summed E-state index contributed by atoms with van der Waals surface area (Å²) >= 11 is 0. The largest absolute Gasteiger partial charge is 0.340 e. The van der Waals surface area contributed by atoms with Crippen molar-refractivity contribution < 1.29 is 9.18 Å². The number of rotatable bonds is 3. The van der Waals surface area contributed by atoms with Gasteiger partial charge in [0.15, 0.2) is 0 Å². The number of likely N-dealkylation sites (N-methyl/N-ethyl adjacent to an activating group) is 1. The number of carbonyl (C=O) groups is 1. The maximum absolute atomic E-state index is 13.6. The average Bonchev–Trinajstić information content (AvgIpc) is 2.41. The van der Waals surface area contributed by atoms with Crippen LogP contribution in [0.3, 0.4) is 0 Å². The molecule has 4 heteroatoms. The Kier molecular flexibility index (Phi) is 4.20. The molecular formula is C15H21FN2O. The van der Waals surface area contributed by atoms with Crippen LogP contribution in [0.5, 0.6) is 0 Å². The van der Waals surface area contributed by atoms with E-state index < -0.39 is 5.54 Å². The fourth-order valence-corrected chi connectivity index (χ4v) is 2.73. The van der Waals surface area contributed by atoms with E-state index >= 15 is 0 Å². The molecule has 1 saturated carbocycles. The SMILES string of the molecule is CN(Cc1ccccc1F)C(=O)C1(N)CCCCC1. The molecule has 0 bridgehead atoms. The topological polar surface area (TPSA) is 46.3 Å². The normalized spacial score (nSPS) is 18.1. The number of amides is 1. The summed E-state index contributed by atoms with van der Waals surface area (Å²) < 4.78 is 13.6. The van der Waals surface area contributed by atoms with E-state index in [4.69, 9.17) is 5.73 Å². The van der Waals surface area contributed by atoms with Crippen molar-refractivity contribution in [3.8, 4) is 0 Å². The summed E-state index contributed by atoms with van der Waals surface area (Å²) in [5.74, 6) is -0.354. The summed E-state index contributed by atoms with van der Waals surface area (Å²) in [5, 5.41) is 0. The van der Waals surface area contributed by atoms with E-state index in [1.54, 1.807) is 30.1 Å². The number of hydrogen-bond donors (Lipinski definition) is 1. The first kappa shape index (κ1) is 14.0. The fraction of sp³-hybridized carbons (Fsp3) is 0.533. The summed E-state index contributed by atoms with van der Waals surface area (Å²) in [5.41, 5.74) is 5.98. The predicted octanol–water partition coefficient (Wildman–Crippen LogP) is 2.45. The van der Waals surface area contributed by atoms with Gasteiger partial charge in [0.05, 0.1) is 5.54 Å². The van der Waals surface area contributed by atoms with Crippen LogP contribution in [0, 0.1) is 5.82 Å². The van der Waals surface area contributed by atoms with Gasteiger partial charge in [-0.2, -0.15) is 0 Å². The Morgan fingerprint density at radius 2 is 1.95 bits per heavy atom. The Bertz CT molecular complexity index is 455. The van der Waals surface area contributed by atoms with Crippen molar-refractivity contribution in [1.29, 1.82) is 0 Å². The molecule has 0 radical (unpaired) electrons. The van der Waals surface area contributed by atoms with E-state index in [1.165, 1.54) is 6.07 Å². The van der Waals surface area contributed by atoms with Crippen LogP contribution in [0.2, 0.25) is 0 Å². The van der Waals surface area contributed by atoms with Crippen LogP contribution in [0.1, 0.15) is 37.7 Å². The third-order valence-corrected chi connectivity index (χ3v) is 3.88. The second-order valence-electron chi connectivity index (χ2n) is 5.47. The van der Waals surface area contributed by atoms with Gasteiger partial charge in [-0.1, -0.05) is 37.5 Å². The molecule has 1 aliphatic rings. The first-order valence-electron chi connectivity index (χ1n) is 6.81. The molecule has 0 unspecified atom stereocenters. The summed E-state index contributed by atoms with van der Waals surface area (Å²) in [4.78, 5) is 14.0. The second kappa shape index (κ2) is 5.70. The minimum Gasteiger partial charge on any atom is -0.340 e. The van der Waals surface area contributed by atoms with Crippen molar-refractivity contribution in [2.75, 3.05) is 7.05 Å². The Morgan fingerprint density at radius 3 is 2.58 bits per heavy atom. The van der Waals surface area contributed by atoms with Gasteiger partial charge in [0, 0.05) is 19.2 Å². The van der Waals surface area contributed by atoms with E-state index in [2.05, 4.69) is 0 Å². The van der Waals surface area contributed by atoms with Crippen molar-refractivity contribution in [1.82, 2.24) is 4.90 Å². The van der Waals surface area contributed by atoms with Crippen LogP contribution >= 0.6 is 0 Å². The van der Waals surface area contributed by atoms with Gasteiger partial charge in [-0.3, -0.25) is 4.79 Å². The summed E-state index contributed by atoms with van der Waals surface area (Å²) in [6.07, 6.45) is 4.59. The zero-order chi connectivity index (χ0) is 13.9.